The fourth-order valence-corrected chi connectivity index (χ4v) is 6.28. The number of rotatable bonds is 8. The molecule has 0 saturated heterocycles. The first-order valence-electron chi connectivity index (χ1n) is 14.4. The van der Waals surface area contributed by atoms with Crippen molar-refractivity contribution in [1.29, 1.82) is 0 Å². The lowest BCUT2D eigenvalue weighted by Crippen LogP contribution is -2.22. The highest BCUT2D eigenvalue weighted by molar-refractivity contribution is 5.74. The Labute approximate surface area is 236 Å². The van der Waals surface area contributed by atoms with Gasteiger partial charge in [0.1, 0.15) is 12.4 Å². The van der Waals surface area contributed by atoms with E-state index in [1.807, 2.05) is 19.1 Å². The lowest BCUT2D eigenvalue weighted by molar-refractivity contribution is 0.212. The second-order valence-electron chi connectivity index (χ2n) is 11.1. The van der Waals surface area contributed by atoms with Crippen molar-refractivity contribution in [2.24, 2.45) is 17.8 Å². The Balaban J connectivity index is 1.26. The molecule has 1 fully saturated rings. The van der Waals surface area contributed by atoms with Crippen molar-refractivity contribution < 1.29 is 17.9 Å². The Morgan fingerprint density at radius 1 is 0.800 bits per heavy atom. The number of hydrogen-bond donors (Lipinski definition) is 0. The SMILES string of the molecule is C=CC1CCC(C2CC=C(c3ccc(-c4ccc(-c5ccc(OC/C=C/C)c(F)c5F)cc4)c(F)c3)CC2)CC1. The van der Waals surface area contributed by atoms with Crippen molar-refractivity contribution in [2.75, 3.05) is 6.61 Å². The monoisotopic (exact) mass is 542 g/mol. The quantitative estimate of drug-likeness (QED) is 0.257. The molecule has 3 aromatic rings. The molecule has 2 aliphatic rings. The molecule has 1 saturated carbocycles. The van der Waals surface area contributed by atoms with Crippen molar-refractivity contribution in [3.8, 4) is 28.0 Å². The summed E-state index contributed by atoms with van der Waals surface area (Å²) in [5, 5.41) is 0. The second-order valence-corrected chi connectivity index (χ2v) is 11.1. The van der Waals surface area contributed by atoms with Crippen LogP contribution in [0.15, 0.2) is 85.5 Å². The first kappa shape index (κ1) is 28.0. The molecule has 208 valence electrons. The molecule has 1 unspecified atom stereocenters. The van der Waals surface area contributed by atoms with Crippen LogP contribution >= 0.6 is 0 Å². The van der Waals surface area contributed by atoms with Crippen LogP contribution < -0.4 is 4.74 Å². The zero-order chi connectivity index (χ0) is 28.1. The van der Waals surface area contributed by atoms with E-state index in [0.717, 1.165) is 30.2 Å². The van der Waals surface area contributed by atoms with Crippen molar-refractivity contribution in [3.63, 3.8) is 0 Å². The lowest BCUT2D eigenvalue weighted by atomic mass is 9.71. The van der Waals surface area contributed by atoms with E-state index in [0.29, 0.717) is 22.6 Å². The van der Waals surface area contributed by atoms with Gasteiger partial charge in [0, 0.05) is 11.1 Å². The minimum absolute atomic E-state index is 0.127. The predicted molar refractivity (Wildman–Crippen MR) is 158 cm³/mol. The normalized spacial score (nSPS) is 21.3. The maximum absolute atomic E-state index is 15.3. The number of ether oxygens (including phenoxy) is 1. The second kappa shape index (κ2) is 12.8. The van der Waals surface area contributed by atoms with Gasteiger partial charge in [0.15, 0.2) is 11.6 Å². The third kappa shape index (κ3) is 6.11. The number of hydrogen-bond acceptors (Lipinski definition) is 1. The topological polar surface area (TPSA) is 9.23 Å². The molecule has 4 heteroatoms. The molecule has 0 spiro atoms. The average Bonchev–Trinajstić information content (AvgIpc) is 3.00. The van der Waals surface area contributed by atoms with Crippen LogP contribution in [0.4, 0.5) is 13.2 Å². The highest BCUT2D eigenvalue weighted by Crippen LogP contribution is 2.42. The van der Waals surface area contributed by atoms with Crippen LogP contribution in [0.5, 0.6) is 5.75 Å². The molecule has 0 aromatic heterocycles. The van der Waals surface area contributed by atoms with Gasteiger partial charge in [-0.2, -0.15) is 4.39 Å². The van der Waals surface area contributed by atoms with Gasteiger partial charge in [-0.25, -0.2) is 8.78 Å². The molecule has 0 radical (unpaired) electrons. The fourth-order valence-electron chi connectivity index (χ4n) is 6.28. The maximum atomic E-state index is 15.3. The lowest BCUT2D eigenvalue weighted by Gasteiger charge is -2.34. The van der Waals surface area contributed by atoms with Crippen LogP contribution in [0, 0.1) is 35.2 Å². The van der Waals surface area contributed by atoms with Gasteiger partial charge in [0.2, 0.25) is 5.82 Å². The van der Waals surface area contributed by atoms with E-state index in [4.69, 9.17) is 4.74 Å². The van der Waals surface area contributed by atoms with Crippen molar-refractivity contribution in [3.05, 3.63) is 108 Å². The van der Waals surface area contributed by atoms with Crippen LogP contribution in [0.3, 0.4) is 0 Å². The summed E-state index contributed by atoms with van der Waals surface area (Å²) in [6, 6.07) is 15.2. The summed E-state index contributed by atoms with van der Waals surface area (Å²) in [7, 11) is 0. The molecule has 40 heavy (non-hydrogen) atoms. The molecule has 0 bridgehead atoms. The Hall–Kier alpha value is -3.53. The first-order valence-corrected chi connectivity index (χ1v) is 14.4. The molecule has 0 amide bonds. The zero-order valence-corrected chi connectivity index (χ0v) is 23.1. The third-order valence-electron chi connectivity index (χ3n) is 8.73. The van der Waals surface area contributed by atoms with E-state index in [9.17, 15) is 8.78 Å². The smallest absolute Gasteiger partial charge is 0.201 e. The molecule has 3 aromatic carbocycles. The number of benzene rings is 3. The first-order chi connectivity index (χ1) is 19.5. The summed E-state index contributed by atoms with van der Waals surface area (Å²) in [6.45, 7) is 5.95. The maximum Gasteiger partial charge on any atom is 0.201 e. The highest BCUT2D eigenvalue weighted by Gasteiger charge is 2.28. The van der Waals surface area contributed by atoms with Crippen LogP contribution in [-0.2, 0) is 0 Å². The van der Waals surface area contributed by atoms with Crippen molar-refractivity contribution >= 4 is 5.57 Å². The Bertz CT molecular complexity index is 1390. The van der Waals surface area contributed by atoms with E-state index in [1.54, 1.807) is 42.5 Å². The van der Waals surface area contributed by atoms with Gasteiger partial charge in [-0.15, -0.1) is 6.58 Å². The molecule has 5 rings (SSSR count). The molecule has 0 N–H and O–H groups in total. The highest BCUT2D eigenvalue weighted by atomic mass is 19.2. The summed E-state index contributed by atoms with van der Waals surface area (Å²) in [6.07, 6.45) is 16.3. The minimum atomic E-state index is -1.02. The molecular formula is C36H37F3O. The summed E-state index contributed by atoms with van der Waals surface area (Å²) in [5.41, 5.74) is 4.00. The summed E-state index contributed by atoms with van der Waals surface area (Å²) in [4.78, 5) is 0. The molecule has 0 heterocycles. The summed E-state index contributed by atoms with van der Waals surface area (Å²) in [5.74, 6) is -0.168. The van der Waals surface area contributed by atoms with Crippen LogP contribution in [0.2, 0.25) is 0 Å². The Morgan fingerprint density at radius 3 is 2.10 bits per heavy atom. The summed E-state index contributed by atoms with van der Waals surface area (Å²) >= 11 is 0. The minimum Gasteiger partial charge on any atom is -0.486 e. The van der Waals surface area contributed by atoms with Gasteiger partial charge in [-0.05, 0) is 110 Å². The molecule has 1 atom stereocenters. The van der Waals surface area contributed by atoms with Gasteiger partial charge in [0.25, 0.3) is 0 Å². The Kier molecular flexibility index (Phi) is 8.94. The number of halogens is 3. The van der Waals surface area contributed by atoms with E-state index in [-0.39, 0.29) is 23.7 Å². The number of allylic oxidation sites excluding steroid dienone is 4. The van der Waals surface area contributed by atoms with E-state index >= 15 is 4.39 Å². The van der Waals surface area contributed by atoms with Crippen LogP contribution in [-0.4, -0.2) is 6.61 Å². The zero-order valence-electron chi connectivity index (χ0n) is 23.1. The average molecular weight is 543 g/mol. The molecule has 1 nitrogen and oxygen atoms in total. The molecular weight excluding hydrogens is 505 g/mol. The van der Waals surface area contributed by atoms with E-state index in [1.165, 1.54) is 49.8 Å². The van der Waals surface area contributed by atoms with Gasteiger partial charge >= 0.3 is 0 Å². The van der Waals surface area contributed by atoms with Gasteiger partial charge in [-0.3, -0.25) is 0 Å². The summed E-state index contributed by atoms with van der Waals surface area (Å²) < 4.78 is 49.9. The van der Waals surface area contributed by atoms with Crippen molar-refractivity contribution in [2.45, 2.75) is 51.9 Å². The van der Waals surface area contributed by atoms with Crippen LogP contribution in [0.25, 0.3) is 27.8 Å². The van der Waals surface area contributed by atoms with Gasteiger partial charge in [-0.1, -0.05) is 60.7 Å². The standard InChI is InChI=1S/C36H37F3O/c1-3-5-22-40-34-21-20-32(35(38)36(34)39)29-16-14-28(15-17-29)31-19-18-30(23-33(31)37)27-12-10-26(11-13-27)25-8-6-24(4-2)7-9-25/h3-5,12,14-21,23-26H,2,6-11,13,22H2,1H3/b5-3+. The Morgan fingerprint density at radius 2 is 1.48 bits per heavy atom. The van der Waals surface area contributed by atoms with Crippen LogP contribution in [0.1, 0.15) is 57.4 Å². The van der Waals surface area contributed by atoms with Gasteiger partial charge in [0.05, 0.1) is 0 Å². The largest absolute Gasteiger partial charge is 0.486 e. The van der Waals surface area contributed by atoms with E-state index in [2.05, 4.69) is 18.7 Å². The molecule has 2 aliphatic carbocycles. The third-order valence-corrected chi connectivity index (χ3v) is 8.73. The van der Waals surface area contributed by atoms with Crippen molar-refractivity contribution in [1.82, 2.24) is 0 Å². The van der Waals surface area contributed by atoms with Gasteiger partial charge < -0.3 is 4.74 Å². The fraction of sp³-hybridized carbons (Fsp3) is 0.333. The molecule has 0 aliphatic heterocycles. The predicted octanol–water partition coefficient (Wildman–Crippen LogP) is 10.6. The van der Waals surface area contributed by atoms with E-state index < -0.39 is 11.6 Å².